The highest BCUT2D eigenvalue weighted by atomic mass is 16.5. The van der Waals surface area contributed by atoms with Gasteiger partial charge in [-0.3, -0.25) is 0 Å². The zero-order valence-electron chi connectivity index (χ0n) is 6.37. The van der Waals surface area contributed by atoms with E-state index in [9.17, 15) is 9.90 Å². The largest absolute Gasteiger partial charge is 0.398 e. The highest BCUT2D eigenvalue weighted by Gasteiger charge is 2.18. The lowest BCUT2D eigenvalue weighted by atomic mass is 10.3. The van der Waals surface area contributed by atoms with Crippen LogP contribution in [0.2, 0.25) is 0 Å². The van der Waals surface area contributed by atoms with Gasteiger partial charge in [0.2, 0.25) is 6.10 Å². The predicted octanol–water partition coefficient (Wildman–Crippen LogP) is 0.652. The zero-order valence-corrected chi connectivity index (χ0v) is 6.37. The first-order valence-electron chi connectivity index (χ1n) is 3.44. The van der Waals surface area contributed by atoms with Gasteiger partial charge in [-0.15, -0.1) is 0 Å². The maximum atomic E-state index is 10.1. The average molecular weight is 156 g/mol. The van der Waals surface area contributed by atoms with Crippen molar-refractivity contribution in [2.75, 3.05) is 6.61 Å². The molecule has 0 aromatic carbocycles. The van der Waals surface area contributed by atoms with Gasteiger partial charge < -0.3 is 4.74 Å². The number of carbonyl (C=O) groups excluding carboxylic acids is 1. The molecule has 0 spiro atoms. The Morgan fingerprint density at radius 1 is 1.73 bits per heavy atom. The number of carbonyl (C=O) groups is 1. The molecule has 0 aliphatic rings. The van der Waals surface area contributed by atoms with Crippen molar-refractivity contribution in [3.05, 3.63) is 0 Å². The van der Waals surface area contributed by atoms with Crippen molar-refractivity contribution >= 4 is 5.97 Å². The Kier molecular flexibility index (Phi) is 5.13. The summed E-state index contributed by atoms with van der Waals surface area (Å²) in [7, 11) is 0. The molecule has 4 heteroatoms. The standard InChI is InChI=1S/C7H10NO3/c1-2-3-4-11-6(5-8)7(9)10/h6H,2-4H2,1H3. The molecule has 0 bridgehead atoms. The van der Waals surface area contributed by atoms with E-state index in [1.54, 1.807) is 0 Å². The maximum absolute atomic E-state index is 10.1. The van der Waals surface area contributed by atoms with Crippen LogP contribution in [0.1, 0.15) is 19.8 Å². The molecule has 11 heavy (non-hydrogen) atoms. The van der Waals surface area contributed by atoms with Crippen LogP contribution in [0.5, 0.6) is 0 Å². The van der Waals surface area contributed by atoms with Crippen molar-refractivity contribution < 1.29 is 14.6 Å². The molecule has 0 aliphatic heterocycles. The van der Waals surface area contributed by atoms with Crippen LogP contribution in [-0.2, 0) is 14.6 Å². The monoisotopic (exact) mass is 156 g/mol. The van der Waals surface area contributed by atoms with E-state index >= 15 is 0 Å². The number of hydrogen-bond acceptors (Lipinski definition) is 3. The number of nitriles is 1. The maximum Gasteiger partial charge on any atom is 0.398 e. The molecule has 0 N–H and O–H groups in total. The van der Waals surface area contributed by atoms with Crippen molar-refractivity contribution in [2.24, 2.45) is 0 Å². The van der Waals surface area contributed by atoms with Crippen LogP contribution in [0.3, 0.4) is 0 Å². The summed E-state index contributed by atoms with van der Waals surface area (Å²) >= 11 is 0. The molecule has 0 saturated heterocycles. The zero-order chi connectivity index (χ0) is 8.69. The van der Waals surface area contributed by atoms with Crippen molar-refractivity contribution in [3.63, 3.8) is 0 Å². The average Bonchev–Trinajstić information content (AvgIpc) is 1.97. The van der Waals surface area contributed by atoms with E-state index in [1.807, 2.05) is 6.92 Å². The summed E-state index contributed by atoms with van der Waals surface area (Å²) in [5, 5.41) is 18.3. The normalized spacial score (nSPS) is 12.0. The summed E-state index contributed by atoms with van der Waals surface area (Å²) in [6.07, 6.45) is 0.248. The molecule has 1 atom stereocenters. The minimum Gasteiger partial charge on any atom is -0.353 e. The lowest BCUT2D eigenvalue weighted by molar-refractivity contribution is -0.153. The second-order valence-corrected chi connectivity index (χ2v) is 2.05. The van der Waals surface area contributed by atoms with E-state index in [2.05, 4.69) is 4.74 Å². The fourth-order valence-corrected chi connectivity index (χ4v) is 0.504. The van der Waals surface area contributed by atoms with Crippen LogP contribution in [0, 0.1) is 11.3 Å². The quantitative estimate of drug-likeness (QED) is 0.549. The summed E-state index contributed by atoms with van der Waals surface area (Å²) in [6, 6.07) is 1.48. The Hall–Kier alpha value is -1.08. The first-order valence-corrected chi connectivity index (χ1v) is 3.44. The van der Waals surface area contributed by atoms with Crippen molar-refractivity contribution in [2.45, 2.75) is 25.9 Å². The first kappa shape index (κ1) is 9.92. The molecule has 4 nitrogen and oxygen atoms in total. The first-order chi connectivity index (χ1) is 5.22. The molecule has 61 valence electrons. The number of rotatable bonds is 5. The van der Waals surface area contributed by atoms with Crippen LogP contribution < -0.4 is 0 Å². The summed E-state index contributed by atoms with van der Waals surface area (Å²) in [4.78, 5) is 10.1. The topological polar surface area (TPSA) is 70.0 Å². The molecule has 0 amide bonds. The minimum absolute atomic E-state index is 0.294. The summed E-state index contributed by atoms with van der Waals surface area (Å²) in [6.45, 7) is 2.24. The van der Waals surface area contributed by atoms with Crippen molar-refractivity contribution in [3.8, 4) is 6.07 Å². The van der Waals surface area contributed by atoms with E-state index in [1.165, 1.54) is 6.07 Å². The van der Waals surface area contributed by atoms with E-state index in [0.29, 0.717) is 6.61 Å². The number of hydrogen-bond donors (Lipinski definition) is 0. The van der Waals surface area contributed by atoms with E-state index in [4.69, 9.17) is 5.26 Å². The van der Waals surface area contributed by atoms with Crippen LogP contribution in [0.25, 0.3) is 0 Å². The lowest BCUT2D eigenvalue weighted by Crippen LogP contribution is -2.21. The lowest BCUT2D eigenvalue weighted by Gasteiger charge is -2.02. The number of ether oxygens (including phenoxy) is 1. The highest BCUT2D eigenvalue weighted by molar-refractivity contribution is 5.74. The van der Waals surface area contributed by atoms with Crippen LogP contribution in [0.4, 0.5) is 0 Å². The Bertz CT molecular complexity index is 162. The Morgan fingerprint density at radius 3 is 2.73 bits per heavy atom. The molecular weight excluding hydrogens is 146 g/mol. The second-order valence-electron chi connectivity index (χ2n) is 2.05. The third-order valence-corrected chi connectivity index (χ3v) is 1.11. The van der Waals surface area contributed by atoms with Gasteiger partial charge in [-0.05, 0) is 6.42 Å². The van der Waals surface area contributed by atoms with Gasteiger partial charge in [-0.1, -0.05) is 13.3 Å². The van der Waals surface area contributed by atoms with E-state index in [0.717, 1.165) is 12.8 Å². The van der Waals surface area contributed by atoms with Crippen LogP contribution in [-0.4, -0.2) is 18.7 Å². The van der Waals surface area contributed by atoms with Gasteiger partial charge >= 0.3 is 5.97 Å². The fraction of sp³-hybridized carbons (Fsp3) is 0.714. The molecule has 1 radical (unpaired) electrons. The summed E-state index contributed by atoms with van der Waals surface area (Å²) < 4.78 is 4.67. The third kappa shape index (κ3) is 4.34. The van der Waals surface area contributed by atoms with Crippen LogP contribution in [0.15, 0.2) is 0 Å². The van der Waals surface area contributed by atoms with Gasteiger partial charge in [0.15, 0.2) is 0 Å². The van der Waals surface area contributed by atoms with E-state index < -0.39 is 12.1 Å². The molecule has 0 rings (SSSR count). The minimum atomic E-state index is -1.47. The molecular formula is C7H10NO3. The Labute approximate surface area is 65.4 Å². The van der Waals surface area contributed by atoms with Gasteiger partial charge in [0, 0.05) is 6.61 Å². The number of nitrogens with zero attached hydrogens (tertiary/aromatic N) is 1. The van der Waals surface area contributed by atoms with Gasteiger partial charge in [0.1, 0.15) is 6.07 Å². The molecule has 0 heterocycles. The van der Waals surface area contributed by atoms with E-state index in [-0.39, 0.29) is 0 Å². The third-order valence-electron chi connectivity index (χ3n) is 1.11. The molecule has 0 aromatic rings. The summed E-state index contributed by atoms with van der Waals surface area (Å²) in [5.74, 6) is -1.47. The molecule has 0 fully saturated rings. The van der Waals surface area contributed by atoms with Gasteiger partial charge in [-0.2, -0.15) is 5.26 Å². The molecule has 0 aliphatic carbocycles. The van der Waals surface area contributed by atoms with Gasteiger partial charge in [0.25, 0.3) is 0 Å². The second kappa shape index (κ2) is 5.69. The Balaban J connectivity index is 3.55. The molecule has 1 unspecified atom stereocenters. The summed E-state index contributed by atoms with van der Waals surface area (Å²) in [5.41, 5.74) is 0. The van der Waals surface area contributed by atoms with Crippen LogP contribution >= 0.6 is 0 Å². The predicted molar refractivity (Wildman–Crippen MR) is 36.0 cm³/mol. The smallest absolute Gasteiger partial charge is 0.353 e. The Morgan fingerprint density at radius 2 is 2.36 bits per heavy atom. The molecule has 0 aromatic heterocycles. The SMILES string of the molecule is CCCCOC(C#N)C([O])=O. The van der Waals surface area contributed by atoms with Crippen molar-refractivity contribution in [1.29, 1.82) is 5.26 Å². The fourth-order valence-electron chi connectivity index (χ4n) is 0.504. The molecule has 0 saturated carbocycles. The number of unbranched alkanes of at least 4 members (excludes halogenated alkanes) is 1. The van der Waals surface area contributed by atoms with Gasteiger partial charge in [-0.25, -0.2) is 9.90 Å². The highest BCUT2D eigenvalue weighted by Crippen LogP contribution is 1.94. The van der Waals surface area contributed by atoms with Gasteiger partial charge in [0.05, 0.1) is 0 Å². The van der Waals surface area contributed by atoms with Crippen molar-refractivity contribution in [1.82, 2.24) is 0 Å².